The van der Waals surface area contributed by atoms with E-state index in [0.717, 1.165) is 6.08 Å². The third-order valence-corrected chi connectivity index (χ3v) is 1.73. The number of halogens is 2. The van der Waals surface area contributed by atoms with Crippen LogP contribution in [-0.2, 0) is 4.79 Å². The van der Waals surface area contributed by atoms with Crippen LogP contribution < -0.4 is 0 Å². The number of carboxylic acids is 1. The lowest BCUT2D eigenvalue weighted by Crippen LogP contribution is -1.94. The van der Waals surface area contributed by atoms with Gasteiger partial charge in [-0.25, -0.2) is 4.79 Å². The average molecular weight is 195 g/mol. The fraction of sp³-hybridized carbons (Fsp3) is 0.286. The van der Waals surface area contributed by atoms with Crippen LogP contribution in [0.25, 0.3) is 0 Å². The van der Waals surface area contributed by atoms with E-state index < -0.39 is 5.97 Å². The molecule has 0 bridgehead atoms. The lowest BCUT2D eigenvalue weighted by Gasteiger charge is -1.99. The van der Waals surface area contributed by atoms with Crippen LogP contribution in [0.2, 0.25) is 0 Å². The number of carboxylic acid groups (broad SMARTS) is 1. The molecule has 0 fully saturated rings. The summed E-state index contributed by atoms with van der Waals surface area (Å²) >= 11 is 10.8. The van der Waals surface area contributed by atoms with Gasteiger partial charge in [-0.2, -0.15) is 0 Å². The smallest absolute Gasteiger partial charge is 0.328 e. The zero-order valence-electron chi connectivity index (χ0n) is 5.97. The maximum atomic E-state index is 10.2. The topological polar surface area (TPSA) is 37.3 Å². The van der Waals surface area contributed by atoms with Crippen LogP contribution in [0.3, 0.4) is 0 Å². The molecule has 0 aliphatic rings. The Morgan fingerprint density at radius 2 is 2.18 bits per heavy atom. The van der Waals surface area contributed by atoms with Crippen LogP contribution in [0.15, 0.2) is 22.8 Å². The molecule has 1 N–H and O–H groups in total. The minimum absolute atomic E-state index is 0.154. The average Bonchev–Trinajstić information content (AvgIpc) is 1.98. The van der Waals surface area contributed by atoms with Gasteiger partial charge < -0.3 is 5.11 Å². The van der Waals surface area contributed by atoms with Crippen molar-refractivity contribution in [1.29, 1.82) is 0 Å². The van der Waals surface area contributed by atoms with Crippen LogP contribution in [-0.4, -0.2) is 17.0 Å². The molecule has 0 unspecified atom stereocenters. The lowest BCUT2D eigenvalue weighted by molar-refractivity contribution is -0.131. The normalized spacial score (nSPS) is 13.4. The Labute approximate surface area is 75.1 Å². The largest absolute Gasteiger partial charge is 0.478 e. The van der Waals surface area contributed by atoms with Crippen LogP contribution in [0.1, 0.15) is 6.92 Å². The quantitative estimate of drug-likeness (QED) is 0.426. The number of carbonyl (C=O) groups is 1. The van der Waals surface area contributed by atoms with Crippen molar-refractivity contribution in [3.63, 3.8) is 0 Å². The van der Waals surface area contributed by atoms with Crippen molar-refractivity contribution >= 4 is 29.2 Å². The van der Waals surface area contributed by atoms with Crippen LogP contribution >= 0.6 is 23.2 Å². The maximum absolute atomic E-state index is 10.2. The third-order valence-electron chi connectivity index (χ3n) is 1.11. The molecule has 0 saturated carbocycles. The zero-order chi connectivity index (χ0) is 8.85. The SMILES string of the molecule is CC(=CCl)C(=CC(=O)O)CCl. The molecule has 0 atom stereocenters. The molecular formula is C7H8Cl2O2. The summed E-state index contributed by atoms with van der Waals surface area (Å²) in [5, 5.41) is 8.35. The van der Waals surface area contributed by atoms with Crippen molar-refractivity contribution in [2.75, 3.05) is 5.88 Å². The molecule has 2 nitrogen and oxygen atoms in total. The fourth-order valence-electron chi connectivity index (χ4n) is 0.477. The van der Waals surface area contributed by atoms with Gasteiger partial charge >= 0.3 is 5.97 Å². The number of aliphatic carboxylic acids is 1. The Hall–Kier alpha value is -0.470. The predicted octanol–water partition coefficient (Wildman–Crippen LogP) is 2.38. The van der Waals surface area contributed by atoms with Crippen molar-refractivity contribution < 1.29 is 9.90 Å². The molecule has 0 saturated heterocycles. The first-order valence-corrected chi connectivity index (χ1v) is 3.85. The van der Waals surface area contributed by atoms with Gasteiger partial charge in [0.15, 0.2) is 0 Å². The molecule has 11 heavy (non-hydrogen) atoms. The van der Waals surface area contributed by atoms with E-state index in [0.29, 0.717) is 11.1 Å². The molecular weight excluding hydrogens is 187 g/mol. The molecule has 0 aromatic rings. The van der Waals surface area contributed by atoms with E-state index >= 15 is 0 Å². The first-order valence-electron chi connectivity index (χ1n) is 2.88. The Balaban J connectivity index is 4.53. The van der Waals surface area contributed by atoms with E-state index in [2.05, 4.69) is 0 Å². The van der Waals surface area contributed by atoms with Gasteiger partial charge in [0.05, 0.1) is 0 Å². The minimum atomic E-state index is -1.02. The molecule has 0 spiro atoms. The highest BCUT2D eigenvalue weighted by atomic mass is 35.5. The van der Waals surface area contributed by atoms with Crippen molar-refractivity contribution in [1.82, 2.24) is 0 Å². The Bertz CT molecular complexity index is 206. The first-order chi connectivity index (χ1) is 5.11. The summed E-state index contributed by atoms with van der Waals surface area (Å²) < 4.78 is 0. The summed E-state index contributed by atoms with van der Waals surface area (Å²) in [4.78, 5) is 10.2. The summed E-state index contributed by atoms with van der Waals surface area (Å²) in [7, 11) is 0. The highest BCUT2D eigenvalue weighted by molar-refractivity contribution is 6.26. The molecule has 0 aliphatic heterocycles. The summed E-state index contributed by atoms with van der Waals surface area (Å²) in [5.74, 6) is -0.861. The molecule has 0 heterocycles. The molecule has 0 aliphatic carbocycles. The van der Waals surface area contributed by atoms with Crippen LogP contribution in [0.5, 0.6) is 0 Å². The molecule has 0 amide bonds. The highest BCUT2D eigenvalue weighted by Crippen LogP contribution is 2.11. The monoisotopic (exact) mass is 194 g/mol. The minimum Gasteiger partial charge on any atom is -0.478 e. The summed E-state index contributed by atoms with van der Waals surface area (Å²) in [5.41, 5.74) is 2.50. The maximum Gasteiger partial charge on any atom is 0.328 e. The number of rotatable bonds is 3. The number of hydrogen-bond acceptors (Lipinski definition) is 1. The van der Waals surface area contributed by atoms with Gasteiger partial charge in [-0.05, 0) is 18.1 Å². The van der Waals surface area contributed by atoms with Gasteiger partial charge in [0.25, 0.3) is 0 Å². The van der Waals surface area contributed by atoms with Crippen LogP contribution in [0.4, 0.5) is 0 Å². The molecule has 0 rings (SSSR count). The van der Waals surface area contributed by atoms with Gasteiger partial charge in [0.1, 0.15) is 0 Å². The molecule has 0 aromatic heterocycles. The van der Waals surface area contributed by atoms with E-state index in [-0.39, 0.29) is 5.88 Å². The predicted molar refractivity (Wildman–Crippen MR) is 46.0 cm³/mol. The van der Waals surface area contributed by atoms with Crippen molar-refractivity contribution in [2.24, 2.45) is 0 Å². The summed E-state index contributed by atoms with van der Waals surface area (Å²) in [6.45, 7) is 1.70. The molecule has 62 valence electrons. The summed E-state index contributed by atoms with van der Waals surface area (Å²) in [6.07, 6.45) is 1.04. The molecule has 0 aromatic carbocycles. The Kier molecular flexibility index (Phi) is 4.99. The highest BCUT2D eigenvalue weighted by Gasteiger charge is 2.00. The van der Waals surface area contributed by atoms with E-state index in [1.807, 2.05) is 0 Å². The summed E-state index contributed by atoms with van der Waals surface area (Å²) in [6, 6.07) is 0. The van der Waals surface area contributed by atoms with Gasteiger partial charge in [-0.1, -0.05) is 11.6 Å². The number of alkyl halides is 1. The number of allylic oxidation sites excluding steroid dienone is 2. The van der Waals surface area contributed by atoms with Gasteiger partial charge in [-0.15, -0.1) is 11.6 Å². The second-order valence-electron chi connectivity index (χ2n) is 1.93. The van der Waals surface area contributed by atoms with Gasteiger partial charge in [0, 0.05) is 17.5 Å². The van der Waals surface area contributed by atoms with Crippen molar-refractivity contribution in [2.45, 2.75) is 6.92 Å². The first kappa shape index (κ1) is 10.5. The fourth-order valence-corrected chi connectivity index (χ4v) is 0.905. The van der Waals surface area contributed by atoms with Crippen LogP contribution in [0, 0.1) is 0 Å². The molecule has 0 radical (unpaired) electrons. The van der Waals surface area contributed by atoms with Gasteiger partial charge in [-0.3, -0.25) is 0 Å². The second-order valence-corrected chi connectivity index (χ2v) is 2.42. The number of hydrogen-bond donors (Lipinski definition) is 1. The van der Waals surface area contributed by atoms with E-state index in [1.54, 1.807) is 6.92 Å². The van der Waals surface area contributed by atoms with Crippen molar-refractivity contribution in [3.8, 4) is 0 Å². The Morgan fingerprint density at radius 3 is 2.45 bits per heavy atom. The van der Waals surface area contributed by atoms with Gasteiger partial charge in [0.2, 0.25) is 0 Å². The lowest BCUT2D eigenvalue weighted by atomic mass is 10.1. The van der Waals surface area contributed by atoms with E-state index in [4.69, 9.17) is 28.3 Å². The van der Waals surface area contributed by atoms with E-state index in [1.165, 1.54) is 5.54 Å². The zero-order valence-corrected chi connectivity index (χ0v) is 7.49. The van der Waals surface area contributed by atoms with Crippen molar-refractivity contribution in [3.05, 3.63) is 22.8 Å². The Morgan fingerprint density at radius 1 is 1.64 bits per heavy atom. The standard InChI is InChI=1S/C7H8Cl2O2/c1-5(3-8)6(4-9)2-7(10)11/h2-3H,4H2,1H3,(H,10,11). The third kappa shape index (κ3) is 4.06. The van der Waals surface area contributed by atoms with E-state index in [9.17, 15) is 4.79 Å². The molecule has 4 heteroatoms. The second kappa shape index (κ2) is 5.22.